The fourth-order valence-electron chi connectivity index (χ4n) is 4.18. The number of nitrogens with one attached hydrogen (secondary N) is 1. The van der Waals surface area contributed by atoms with Crippen LogP contribution >= 0.6 is 0 Å². The highest BCUT2D eigenvalue weighted by molar-refractivity contribution is 7.89. The van der Waals surface area contributed by atoms with Gasteiger partial charge in [-0.3, -0.25) is 9.59 Å². The van der Waals surface area contributed by atoms with Crippen LogP contribution in [0, 0.1) is 26.7 Å². The van der Waals surface area contributed by atoms with E-state index >= 15 is 0 Å². The van der Waals surface area contributed by atoms with E-state index in [0.29, 0.717) is 4.90 Å². The molecule has 1 aliphatic heterocycles. The number of piperazine rings is 1. The molecule has 8 nitrogen and oxygen atoms in total. The Bertz CT molecular complexity index is 1060. The summed E-state index contributed by atoms with van der Waals surface area (Å²) in [6, 6.07) is 6.16. The minimum Gasteiger partial charge on any atom is -0.459 e. The van der Waals surface area contributed by atoms with Crippen LogP contribution in [0.15, 0.2) is 39.8 Å². The van der Waals surface area contributed by atoms with Gasteiger partial charge in [0.1, 0.15) is 6.04 Å². The number of aryl methyl sites for hydroxylation is 3. The van der Waals surface area contributed by atoms with Crippen LogP contribution in [0.4, 0.5) is 0 Å². The highest BCUT2D eigenvalue weighted by Crippen LogP contribution is 2.26. The van der Waals surface area contributed by atoms with E-state index in [1.807, 2.05) is 46.8 Å². The van der Waals surface area contributed by atoms with Crippen LogP contribution in [0.1, 0.15) is 41.1 Å². The number of benzene rings is 1. The number of hydrogen-bond acceptors (Lipinski definition) is 5. The van der Waals surface area contributed by atoms with Gasteiger partial charge in [0.15, 0.2) is 5.76 Å². The van der Waals surface area contributed by atoms with Crippen LogP contribution < -0.4 is 5.32 Å². The van der Waals surface area contributed by atoms with Crippen molar-refractivity contribution in [2.45, 2.75) is 45.6 Å². The predicted octanol–water partition coefficient (Wildman–Crippen LogP) is 2.49. The second-order valence-electron chi connectivity index (χ2n) is 8.63. The molecule has 32 heavy (non-hydrogen) atoms. The Morgan fingerprint density at radius 3 is 2.12 bits per heavy atom. The minimum absolute atomic E-state index is 0.138. The summed E-state index contributed by atoms with van der Waals surface area (Å²) >= 11 is 0. The molecule has 1 fully saturated rings. The number of carbonyl (C=O) groups is 2. The van der Waals surface area contributed by atoms with Crippen molar-refractivity contribution in [3.63, 3.8) is 0 Å². The third-order valence-electron chi connectivity index (χ3n) is 5.72. The van der Waals surface area contributed by atoms with E-state index in [9.17, 15) is 18.0 Å². The summed E-state index contributed by atoms with van der Waals surface area (Å²) in [5.74, 6) is -0.669. The molecule has 174 valence electrons. The summed E-state index contributed by atoms with van der Waals surface area (Å²) in [5.41, 5.74) is 2.47. The number of furan rings is 1. The summed E-state index contributed by atoms with van der Waals surface area (Å²) in [5, 5.41) is 2.75. The van der Waals surface area contributed by atoms with Crippen molar-refractivity contribution in [2.24, 2.45) is 5.92 Å². The Balaban J connectivity index is 1.70. The molecule has 9 heteroatoms. The molecular formula is C23H31N3O5S. The van der Waals surface area contributed by atoms with Crippen LogP contribution in [0.3, 0.4) is 0 Å². The van der Waals surface area contributed by atoms with Crippen molar-refractivity contribution in [3.05, 3.63) is 53.0 Å². The van der Waals surface area contributed by atoms with Crippen molar-refractivity contribution < 1.29 is 22.4 Å². The molecule has 1 N–H and O–H groups in total. The minimum atomic E-state index is -3.66. The van der Waals surface area contributed by atoms with Gasteiger partial charge in [0.2, 0.25) is 15.9 Å². The van der Waals surface area contributed by atoms with Gasteiger partial charge >= 0.3 is 0 Å². The van der Waals surface area contributed by atoms with Gasteiger partial charge in [-0.05, 0) is 49.9 Å². The molecule has 3 rings (SSSR count). The number of rotatable bonds is 6. The fraction of sp³-hybridized carbons (Fsp3) is 0.478. The van der Waals surface area contributed by atoms with Gasteiger partial charge in [-0.2, -0.15) is 4.31 Å². The molecule has 1 atom stereocenters. The Morgan fingerprint density at radius 2 is 1.62 bits per heavy atom. The Hall–Kier alpha value is -2.65. The van der Waals surface area contributed by atoms with Crippen LogP contribution in [0.5, 0.6) is 0 Å². The zero-order chi connectivity index (χ0) is 23.6. The van der Waals surface area contributed by atoms with Crippen LogP contribution in [0.2, 0.25) is 0 Å². The Labute approximate surface area is 189 Å². The second kappa shape index (κ2) is 9.46. The van der Waals surface area contributed by atoms with Crippen LogP contribution in [-0.4, -0.2) is 61.7 Å². The Kier molecular flexibility index (Phi) is 7.09. The van der Waals surface area contributed by atoms with E-state index in [0.717, 1.165) is 16.7 Å². The lowest BCUT2D eigenvalue weighted by atomic mass is 10.0. The second-order valence-corrected chi connectivity index (χ2v) is 10.5. The summed E-state index contributed by atoms with van der Waals surface area (Å²) in [7, 11) is -3.66. The molecule has 1 aromatic carbocycles. The number of nitrogens with zero attached hydrogens (tertiary/aromatic N) is 2. The first-order valence-electron chi connectivity index (χ1n) is 10.7. The number of carbonyl (C=O) groups excluding carboxylic acids is 2. The molecule has 1 saturated heterocycles. The molecule has 2 aromatic rings. The molecule has 2 heterocycles. The maximum absolute atomic E-state index is 13.3. The average molecular weight is 462 g/mol. The summed E-state index contributed by atoms with van der Waals surface area (Å²) in [6.07, 6.45) is 1.40. The third-order valence-corrected chi connectivity index (χ3v) is 7.92. The van der Waals surface area contributed by atoms with Gasteiger partial charge < -0.3 is 14.6 Å². The zero-order valence-electron chi connectivity index (χ0n) is 19.2. The summed E-state index contributed by atoms with van der Waals surface area (Å²) in [6.45, 7) is 10.2. The molecular weight excluding hydrogens is 430 g/mol. The maximum Gasteiger partial charge on any atom is 0.287 e. The molecule has 0 aliphatic carbocycles. The van der Waals surface area contributed by atoms with E-state index in [-0.39, 0.29) is 43.8 Å². The molecule has 1 aromatic heterocycles. The first-order chi connectivity index (χ1) is 15.0. The molecule has 1 aliphatic rings. The van der Waals surface area contributed by atoms with Crippen LogP contribution in [0.25, 0.3) is 0 Å². The number of amides is 2. The van der Waals surface area contributed by atoms with E-state index < -0.39 is 22.0 Å². The van der Waals surface area contributed by atoms with Crippen molar-refractivity contribution >= 4 is 21.8 Å². The van der Waals surface area contributed by atoms with Gasteiger partial charge in [0, 0.05) is 26.2 Å². The van der Waals surface area contributed by atoms with Gasteiger partial charge in [0.05, 0.1) is 11.2 Å². The van der Waals surface area contributed by atoms with Crippen molar-refractivity contribution in [1.82, 2.24) is 14.5 Å². The molecule has 0 spiro atoms. The lowest BCUT2D eigenvalue weighted by molar-refractivity contribution is -0.135. The van der Waals surface area contributed by atoms with Crippen molar-refractivity contribution in [3.8, 4) is 0 Å². The number of hydrogen-bond donors (Lipinski definition) is 1. The smallest absolute Gasteiger partial charge is 0.287 e. The summed E-state index contributed by atoms with van der Waals surface area (Å²) in [4.78, 5) is 27.5. The largest absolute Gasteiger partial charge is 0.459 e. The third kappa shape index (κ3) is 4.88. The van der Waals surface area contributed by atoms with Crippen molar-refractivity contribution in [2.75, 3.05) is 26.2 Å². The average Bonchev–Trinajstić information content (AvgIpc) is 3.25. The molecule has 0 radical (unpaired) electrons. The van der Waals surface area contributed by atoms with Gasteiger partial charge in [-0.15, -0.1) is 0 Å². The van der Waals surface area contributed by atoms with E-state index in [2.05, 4.69) is 5.32 Å². The highest BCUT2D eigenvalue weighted by Gasteiger charge is 2.35. The Morgan fingerprint density at radius 1 is 1.03 bits per heavy atom. The fourth-order valence-corrected chi connectivity index (χ4v) is 6.02. The monoisotopic (exact) mass is 461 g/mol. The number of sulfonamides is 1. The normalized spacial score (nSPS) is 16.2. The van der Waals surface area contributed by atoms with E-state index in [1.54, 1.807) is 11.0 Å². The van der Waals surface area contributed by atoms with E-state index in [4.69, 9.17) is 4.42 Å². The zero-order valence-corrected chi connectivity index (χ0v) is 20.0. The maximum atomic E-state index is 13.3. The topological polar surface area (TPSA) is 99.9 Å². The summed E-state index contributed by atoms with van der Waals surface area (Å²) < 4.78 is 33.1. The van der Waals surface area contributed by atoms with Gasteiger partial charge in [-0.25, -0.2) is 8.42 Å². The van der Waals surface area contributed by atoms with Gasteiger partial charge in [-0.1, -0.05) is 31.5 Å². The lowest BCUT2D eigenvalue weighted by Crippen LogP contribution is -2.57. The SMILES string of the molecule is Cc1cc(C)c(S(=O)(=O)N2CCN(C(=O)[C@@H](NC(=O)c3ccco3)C(C)C)CC2)c(C)c1. The first kappa shape index (κ1) is 24.0. The quantitative estimate of drug-likeness (QED) is 0.712. The standard InChI is InChI=1S/C23H31N3O5S/c1-15(2)20(24-22(27)19-7-6-12-31-19)23(28)25-8-10-26(11-9-25)32(29,30)21-17(4)13-16(3)14-18(21)5/h6-7,12-15,20H,8-11H2,1-5H3,(H,24,27)/t20-/m0/s1. The molecule has 0 bridgehead atoms. The van der Waals surface area contributed by atoms with Crippen LogP contribution in [-0.2, 0) is 14.8 Å². The molecule has 0 unspecified atom stereocenters. The van der Waals surface area contributed by atoms with Crippen molar-refractivity contribution in [1.29, 1.82) is 0 Å². The molecule has 0 saturated carbocycles. The first-order valence-corrected chi connectivity index (χ1v) is 12.2. The predicted molar refractivity (Wildman–Crippen MR) is 121 cm³/mol. The molecule has 2 amide bonds. The van der Waals surface area contributed by atoms with Gasteiger partial charge in [0.25, 0.3) is 5.91 Å². The highest BCUT2D eigenvalue weighted by atomic mass is 32.2. The lowest BCUT2D eigenvalue weighted by Gasteiger charge is -2.37. The van der Waals surface area contributed by atoms with E-state index in [1.165, 1.54) is 16.6 Å².